The van der Waals surface area contributed by atoms with Crippen molar-refractivity contribution in [2.24, 2.45) is 0 Å². The van der Waals surface area contributed by atoms with Crippen molar-refractivity contribution in [3.05, 3.63) is 82.3 Å². The summed E-state index contributed by atoms with van der Waals surface area (Å²) in [6, 6.07) is 20.6. The quantitative estimate of drug-likeness (QED) is 0.317. The summed E-state index contributed by atoms with van der Waals surface area (Å²) in [7, 11) is 0. The van der Waals surface area contributed by atoms with Gasteiger partial charge in [0.25, 0.3) is 0 Å². The fourth-order valence-corrected chi connectivity index (χ4v) is 4.50. The van der Waals surface area contributed by atoms with Crippen molar-refractivity contribution in [2.75, 3.05) is 17.9 Å². The maximum Gasteiger partial charge on any atom is 0.234 e. The van der Waals surface area contributed by atoms with Crippen molar-refractivity contribution in [1.82, 2.24) is 14.8 Å². The fourth-order valence-electron chi connectivity index (χ4n) is 3.46. The molecule has 0 saturated carbocycles. The van der Waals surface area contributed by atoms with Gasteiger partial charge in [0.2, 0.25) is 12.7 Å². The van der Waals surface area contributed by atoms with Crippen LogP contribution in [-0.4, -0.2) is 33.2 Å². The van der Waals surface area contributed by atoms with Crippen LogP contribution in [0, 0.1) is 0 Å². The van der Waals surface area contributed by atoms with Crippen LogP contribution in [0.2, 0.25) is 10.0 Å². The molecule has 1 N–H and O–H groups in total. The van der Waals surface area contributed by atoms with Crippen molar-refractivity contribution in [2.45, 2.75) is 11.7 Å². The highest BCUT2D eigenvalue weighted by Gasteiger charge is 2.18. The molecule has 1 amide bonds. The number of carbonyl (C=O) groups is 1. The summed E-state index contributed by atoms with van der Waals surface area (Å²) in [5, 5.41) is 13.0. The Labute approximate surface area is 210 Å². The summed E-state index contributed by atoms with van der Waals surface area (Å²) in [6.07, 6.45) is 0. The first-order chi connectivity index (χ1) is 16.6. The zero-order valence-electron chi connectivity index (χ0n) is 17.7. The van der Waals surface area contributed by atoms with Crippen LogP contribution in [-0.2, 0) is 11.3 Å². The molecule has 0 radical (unpaired) electrons. The zero-order chi connectivity index (χ0) is 23.5. The average molecular weight is 513 g/mol. The van der Waals surface area contributed by atoms with Crippen molar-refractivity contribution < 1.29 is 14.3 Å². The number of fused-ring (bicyclic) bond motifs is 1. The predicted molar refractivity (Wildman–Crippen MR) is 133 cm³/mol. The molecule has 172 valence electrons. The smallest absolute Gasteiger partial charge is 0.234 e. The van der Waals surface area contributed by atoms with Gasteiger partial charge in [-0.05, 0) is 35.9 Å². The normalized spacial score (nSPS) is 12.1. The van der Waals surface area contributed by atoms with Crippen LogP contribution in [0.3, 0.4) is 0 Å². The second-order valence-corrected chi connectivity index (χ2v) is 9.17. The van der Waals surface area contributed by atoms with Crippen molar-refractivity contribution in [3.8, 4) is 22.9 Å². The van der Waals surface area contributed by atoms with Crippen molar-refractivity contribution in [1.29, 1.82) is 0 Å². The van der Waals surface area contributed by atoms with Gasteiger partial charge in [-0.2, -0.15) is 0 Å². The topological polar surface area (TPSA) is 78.3 Å². The van der Waals surface area contributed by atoms with E-state index >= 15 is 0 Å². The molecule has 34 heavy (non-hydrogen) atoms. The number of ether oxygens (including phenoxy) is 2. The van der Waals surface area contributed by atoms with E-state index in [1.54, 1.807) is 18.2 Å². The second kappa shape index (κ2) is 9.97. The number of aromatic nitrogens is 3. The molecule has 2 heterocycles. The molecule has 4 aromatic rings. The van der Waals surface area contributed by atoms with E-state index in [-0.39, 0.29) is 18.5 Å². The minimum Gasteiger partial charge on any atom is -0.454 e. The van der Waals surface area contributed by atoms with E-state index in [0.717, 1.165) is 16.9 Å². The van der Waals surface area contributed by atoms with Gasteiger partial charge in [-0.3, -0.25) is 9.36 Å². The summed E-state index contributed by atoms with van der Waals surface area (Å²) < 4.78 is 12.9. The number of carbonyl (C=O) groups excluding carboxylic acids is 1. The second-order valence-electron chi connectivity index (χ2n) is 7.41. The molecule has 1 aromatic heterocycles. The summed E-state index contributed by atoms with van der Waals surface area (Å²) in [6.45, 7) is 0.723. The average Bonchev–Trinajstić information content (AvgIpc) is 3.47. The van der Waals surface area contributed by atoms with Crippen LogP contribution in [0.1, 0.15) is 5.56 Å². The first kappa shape index (κ1) is 22.6. The van der Waals surface area contributed by atoms with Crippen LogP contribution in [0.25, 0.3) is 11.4 Å². The standard InChI is InChI=1S/C24H18Cl2N4O3S/c25-18-8-7-17(11-19(18)26)27-22(31)13-34-24-29-28-23(16-4-2-1-3-5-16)30(24)12-15-6-9-20-21(10-15)33-14-32-20/h1-11H,12-14H2,(H,27,31). The zero-order valence-corrected chi connectivity index (χ0v) is 20.0. The van der Waals surface area contributed by atoms with Crippen LogP contribution in [0.15, 0.2) is 71.9 Å². The molecule has 0 aliphatic carbocycles. The Balaban J connectivity index is 1.36. The molecule has 0 spiro atoms. The summed E-state index contributed by atoms with van der Waals surface area (Å²) in [5.41, 5.74) is 2.51. The molecule has 7 nitrogen and oxygen atoms in total. The Morgan fingerprint density at radius 1 is 0.971 bits per heavy atom. The fraction of sp³-hybridized carbons (Fsp3) is 0.125. The molecule has 3 aromatic carbocycles. The van der Waals surface area contributed by atoms with Gasteiger partial charge in [-0.1, -0.05) is 71.4 Å². The lowest BCUT2D eigenvalue weighted by Crippen LogP contribution is -2.15. The predicted octanol–water partition coefficient (Wildman–Crippen LogP) is 5.76. The third kappa shape index (κ3) is 4.99. The van der Waals surface area contributed by atoms with Gasteiger partial charge in [-0.25, -0.2) is 0 Å². The van der Waals surface area contributed by atoms with Crippen LogP contribution in [0.5, 0.6) is 11.5 Å². The van der Waals surface area contributed by atoms with Crippen molar-refractivity contribution >= 4 is 46.6 Å². The Morgan fingerprint density at radius 3 is 2.62 bits per heavy atom. The minimum atomic E-state index is -0.192. The first-order valence-electron chi connectivity index (χ1n) is 10.3. The Morgan fingerprint density at radius 2 is 1.79 bits per heavy atom. The third-order valence-corrected chi connectivity index (χ3v) is 6.77. The molecule has 0 unspecified atom stereocenters. The van der Waals surface area contributed by atoms with Gasteiger partial charge in [-0.15, -0.1) is 10.2 Å². The van der Waals surface area contributed by atoms with Gasteiger partial charge in [0.15, 0.2) is 22.5 Å². The van der Waals surface area contributed by atoms with E-state index in [0.29, 0.717) is 39.0 Å². The molecule has 0 fully saturated rings. The molecule has 1 aliphatic heterocycles. The number of benzene rings is 3. The highest BCUT2D eigenvalue weighted by molar-refractivity contribution is 7.99. The number of rotatable bonds is 7. The van der Waals surface area contributed by atoms with E-state index in [1.165, 1.54) is 11.8 Å². The van der Waals surface area contributed by atoms with Crippen LogP contribution in [0.4, 0.5) is 5.69 Å². The number of thioether (sulfide) groups is 1. The highest BCUT2D eigenvalue weighted by atomic mass is 35.5. The monoisotopic (exact) mass is 512 g/mol. The Hall–Kier alpha value is -3.20. The van der Waals surface area contributed by atoms with Crippen LogP contribution >= 0.6 is 35.0 Å². The van der Waals surface area contributed by atoms with Crippen LogP contribution < -0.4 is 14.8 Å². The number of anilines is 1. The van der Waals surface area contributed by atoms with E-state index in [1.807, 2.05) is 53.1 Å². The summed E-state index contributed by atoms with van der Waals surface area (Å²) in [4.78, 5) is 12.6. The molecule has 0 saturated heterocycles. The molecule has 0 bridgehead atoms. The highest BCUT2D eigenvalue weighted by Crippen LogP contribution is 2.34. The molecule has 0 atom stereocenters. The lowest BCUT2D eigenvalue weighted by molar-refractivity contribution is -0.113. The number of hydrogen-bond donors (Lipinski definition) is 1. The molecule has 10 heteroatoms. The Kier molecular flexibility index (Phi) is 6.62. The number of nitrogens with zero attached hydrogens (tertiary/aromatic N) is 3. The molecular formula is C24H18Cl2N4O3S. The minimum absolute atomic E-state index is 0.147. The number of halogens is 2. The van der Waals surface area contributed by atoms with E-state index < -0.39 is 0 Å². The largest absolute Gasteiger partial charge is 0.454 e. The summed E-state index contributed by atoms with van der Waals surface area (Å²) >= 11 is 13.3. The Bertz CT molecular complexity index is 1350. The lowest BCUT2D eigenvalue weighted by atomic mass is 10.2. The maximum atomic E-state index is 12.6. The molecule has 1 aliphatic rings. The van der Waals surface area contributed by atoms with Gasteiger partial charge in [0.05, 0.1) is 22.3 Å². The van der Waals surface area contributed by atoms with Crippen molar-refractivity contribution in [3.63, 3.8) is 0 Å². The van der Waals surface area contributed by atoms with E-state index in [2.05, 4.69) is 15.5 Å². The van der Waals surface area contributed by atoms with Gasteiger partial charge >= 0.3 is 0 Å². The third-order valence-electron chi connectivity index (χ3n) is 5.06. The van der Waals surface area contributed by atoms with E-state index in [4.69, 9.17) is 32.7 Å². The maximum absolute atomic E-state index is 12.6. The SMILES string of the molecule is O=C(CSc1nnc(-c2ccccc2)n1Cc1ccc2c(c1)OCO2)Nc1ccc(Cl)c(Cl)c1. The number of hydrogen-bond acceptors (Lipinski definition) is 6. The van der Waals surface area contributed by atoms with Gasteiger partial charge in [0.1, 0.15) is 0 Å². The first-order valence-corrected chi connectivity index (χ1v) is 12.1. The van der Waals surface area contributed by atoms with E-state index in [9.17, 15) is 4.79 Å². The lowest BCUT2D eigenvalue weighted by Gasteiger charge is -2.11. The number of amides is 1. The van der Waals surface area contributed by atoms with Gasteiger partial charge in [0, 0.05) is 11.3 Å². The molecule has 5 rings (SSSR count). The summed E-state index contributed by atoms with van der Waals surface area (Å²) in [5.74, 6) is 2.10. The molecular weight excluding hydrogens is 495 g/mol. The number of nitrogens with one attached hydrogen (secondary N) is 1. The van der Waals surface area contributed by atoms with Gasteiger partial charge < -0.3 is 14.8 Å².